The molecule has 1 amide bonds. The van der Waals surface area contributed by atoms with Gasteiger partial charge in [0.1, 0.15) is 17.5 Å². The Kier molecular flexibility index (Phi) is 10.3. The highest BCUT2D eigenvalue weighted by Crippen LogP contribution is 2.25. The number of aromatic nitrogens is 2. The van der Waals surface area contributed by atoms with Gasteiger partial charge in [-0.2, -0.15) is 0 Å². The molecule has 9 heteroatoms. The molecule has 0 bridgehead atoms. The maximum absolute atomic E-state index is 14.8. The van der Waals surface area contributed by atoms with Crippen LogP contribution >= 0.6 is 0 Å². The number of fused-ring (bicyclic) bond motifs is 1. The number of nitrogens with two attached hydrogens (primary N) is 2. The lowest BCUT2D eigenvalue weighted by Crippen LogP contribution is -2.30. The van der Waals surface area contributed by atoms with E-state index < -0.39 is 0 Å². The number of hydrogen-bond acceptors (Lipinski definition) is 5. The van der Waals surface area contributed by atoms with Crippen LogP contribution in [0, 0.1) is 11.2 Å². The maximum Gasteiger partial charge on any atom is 0.254 e. The zero-order chi connectivity index (χ0) is 33.6. The van der Waals surface area contributed by atoms with Gasteiger partial charge in [0.15, 0.2) is 0 Å². The van der Waals surface area contributed by atoms with Crippen molar-refractivity contribution < 1.29 is 9.18 Å². The molecule has 2 heterocycles. The number of benzene rings is 4. The Balaban J connectivity index is 1.29. The van der Waals surface area contributed by atoms with Crippen LogP contribution in [0.4, 0.5) is 4.39 Å². The number of likely N-dealkylation sites (tertiary alicyclic amines) is 1. The monoisotopic (exact) mass is 645 g/mol. The van der Waals surface area contributed by atoms with Crippen molar-refractivity contribution in [3.63, 3.8) is 0 Å². The third kappa shape index (κ3) is 7.64. The van der Waals surface area contributed by atoms with Crippen molar-refractivity contribution in [2.75, 3.05) is 13.6 Å². The lowest BCUT2D eigenvalue weighted by molar-refractivity contribution is 0.0728. The minimum atomic E-state index is -0.337. The second-order valence-electron chi connectivity index (χ2n) is 12.8. The largest absolute Gasteiger partial charge is 0.384 e. The number of hydrogen-bond donors (Lipinski definition) is 3. The first-order valence-corrected chi connectivity index (χ1v) is 16.7. The molecule has 0 radical (unpaired) electrons. The van der Waals surface area contributed by atoms with Crippen LogP contribution in [-0.4, -0.2) is 50.7 Å². The Morgan fingerprint density at radius 1 is 0.938 bits per heavy atom. The number of halogens is 1. The van der Waals surface area contributed by atoms with E-state index in [0.29, 0.717) is 35.8 Å². The van der Waals surface area contributed by atoms with Gasteiger partial charge in [-0.15, -0.1) is 0 Å². The molecule has 0 saturated carbocycles. The van der Waals surface area contributed by atoms with Gasteiger partial charge in [-0.25, -0.2) is 9.37 Å². The van der Waals surface area contributed by atoms with Crippen molar-refractivity contribution in [3.05, 3.63) is 136 Å². The number of amidine groups is 1. The lowest BCUT2D eigenvalue weighted by atomic mass is 10.1. The van der Waals surface area contributed by atoms with Crippen LogP contribution in [0.15, 0.2) is 91.0 Å². The van der Waals surface area contributed by atoms with Gasteiger partial charge in [-0.1, -0.05) is 66.7 Å². The molecule has 48 heavy (non-hydrogen) atoms. The van der Waals surface area contributed by atoms with Gasteiger partial charge in [0.2, 0.25) is 0 Å². The SMILES string of the molecule is CN1CCCC1CCn1c(CCc2ccc(C(=N)N)cc2)nc2cc(C(=O)N(Cc3ccc(CN)cc3)Cc3ccccc3F)ccc21. The fourth-order valence-electron chi connectivity index (χ4n) is 6.70. The minimum absolute atomic E-state index is 0.0579. The first kappa shape index (κ1) is 33.1. The highest BCUT2D eigenvalue weighted by Gasteiger charge is 2.23. The fourth-order valence-corrected chi connectivity index (χ4v) is 6.70. The molecule has 4 aromatic carbocycles. The van der Waals surface area contributed by atoms with Crippen LogP contribution in [0.3, 0.4) is 0 Å². The second-order valence-corrected chi connectivity index (χ2v) is 12.8. The molecule has 1 fully saturated rings. The molecule has 1 aliphatic rings. The van der Waals surface area contributed by atoms with Crippen LogP contribution < -0.4 is 11.5 Å². The molecule has 1 aliphatic heterocycles. The van der Waals surface area contributed by atoms with Gasteiger partial charge >= 0.3 is 0 Å². The van der Waals surface area contributed by atoms with Crippen LogP contribution in [0.2, 0.25) is 0 Å². The molecular formula is C39H44FN7O. The first-order chi connectivity index (χ1) is 23.3. The quantitative estimate of drug-likeness (QED) is 0.107. The van der Waals surface area contributed by atoms with Crippen LogP contribution in [0.25, 0.3) is 11.0 Å². The van der Waals surface area contributed by atoms with Gasteiger partial charge < -0.3 is 25.8 Å². The minimum Gasteiger partial charge on any atom is -0.384 e. The van der Waals surface area contributed by atoms with Crippen LogP contribution in [0.5, 0.6) is 0 Å². The van der Waals surface area contributed by atoms with E-state index in [4.69, 9.17) is 21.9 Å². The number of aryl methyl sites for hydroxylation is 3. The van der Waals surface area contributed by atoms with E-state index in [-0.39, 0.29) is 24.1 Å². The molecule has 1 unspecified atom stereocenters. The lowest BCUT2D eigenvalue weighted by Gasteiger charge is -2.24. The highest BCUT2D eigenvalue weighted by atomic mass is 19.1. The number of nitrogen functional groups attached to an aromatic ring is 1. The number of carbonyl (C=O) groups is 1. The number of nitrogens with one attached hydrogen (secondary N) is 1. The Morgan fingerprint density at radius 3 is 2.33 bits per heavy atom. The number of carbonyl (C=O) groups excluding carboxylic acids is 1. The molecule has 0 spiro atoms. The summed E-state index contributed by atoms with van der Waals surface area (Å²) in [6.45, 7) is 2.88. The van der Waals surface area contributed by atoms with E-state index in [0.717, 1.165) is 65.9 Å². The van der Waals surface area contributed by atoms with Crippen molar-refractivity contribution in [1.29, 1.82) is 5.41 Å². The summed E-state index contributed by atoms with van der Waals surface area (Å²) < 4.78 is 17.1. The number of nitrogens with zero attached hydrogens (tertiary/aromatic N) is 4. The molecule has 1 saturated heterocycles. The summed E-state index contributed by atoms with van der Waals surface area (Å²) in [4.78, 5) is 23.4. The standard InChI is InChI=1S/C39H44FN7O/c1-45-21-4-6-33(45)20-22-47-36-18-17-31(23-35(36)44-37(47)19-14-27-12-15-30(16-13-27)38(42)43)39(48)46(26-32-5-2-3-7-34(32)40)25-29-10-8-28(24-41)9-11-29/h2-3,5,7-13,15-18,23,33H,4,6,14,19-22,24-26,41H2,1H3,(H3,42,43). The number of imidazole rings is 1. The van der Waals surface area contributed by atoms with E-state index in [1.807, 2.05) is 66.7 Å². The van der Waals surface area contributed by atoms with E-state index in [2.05, 4.69) is 16.5 Å². The van der Waals surface area contributed by atoms with Crippen molar-refractivity contribution in [1.82, 2.24) is 19.4 Å². The molecule has 5 N–H and O–H groups in total. The van der Waals surface area contributed by atoms with Crippen molar-refractivity contribution >= 4 is 22.8 Å². The molecule has 248 valence electrons. The maximum atomic E-state index is 14.8. The van der Waals surface area contributed by atoms with Crippen LogP contribution in [0.1, 0.15) is 63.3 Å². The summed E-state index contributed by atoms with van der Waals surface area (Å²) in [5.74, 6) is 0.519. The third-order valence-electron chi connectivity index (χ3n) is 9.57. The Hall–Kier alpha value is -4.86. The molecule has 6 rings (SSSR count). The molecule has 5 aromatic rings. The average Bonchev–Trinajstić information content (AvgIpc) is 3.68. The predicted octanol–water partition coefficient (Wildman–Crippen LogP) is 6.03. The van der Waals surface area contributed by atoms with Gasteiger partial charge in [0, 0.05) is 55.3 Å². The summed E-state index contributed by atoms with van der Waals surface area (Å²) in [5, 5.41) is 7.69. The molecule has 1 aromatic heterocycles. The summed E-state index contributed by atoms with van der Waals surface area (Å²) in [6.07, 6.45) is 4.97. The fraction of sp³-hybridized carbons (Fsp3) is 0.308. The number of rotatable bonds is 13. The normalized spacial score (nSPS) is 14.9. The molecule has 1 atom stereocenters. The summed E-state index contributed by atoms with van der Waals surface area (Å²) >= 11 is 0. The van der Waals surface area contributed by atoms with Gasteiger partial charge in [0.05, 0.1) is 11.0 Å². The van der Waals surface area contributed by atoms with E-state index in [1.54, 1.807) is 23.1 Å². The van der Waals surface area contributed by atoms with E-state index >= 15 is 0 Å². The summed E-state index contributed by atoms with van der Waals surface area (Å²) in [6, 6.07) is 28.6. The zero-order valence-corrected chi connectivity index (χ0v) is 27.5. The average molecular weight is 646 g/mol. The molecule has 0 aliphatic carbocycles. The number of amides is 1. The van der Waals surface area contributed by atoms with Crippen LogP contribution in [-0.2, 0) is 39.0 Å². The Bertz CT molecular complexity index is 1880. The zero-order valence-electron chi connectivity index (χ0n) is 27.5. The van der Waals surface area contributed by atoms with Gasteiger partial charge in [-0.3, -0.25) is 10.2 Å². The summed E-state index contributed by atoms with van der Waals surface area (Å²) in [7, 11) is 2.20. The summed E-state index contributed by atoms with van der Waals surface area (Å²) in [5.41, 5.74) is 18.0. The molecule has 8 nitrogen and oxygen atoms in total. The topological polar surface area (TPSA) is 117 Å². The van der Waals surface area contributed by atoms with E-state index in [9.17, 15) is 9.18 Å². The van der Waals surface area contributed by atoms with Gasteiger partial charge in [0.25, 0.3) is 5.91 Å². The highest BCUT2D eigenvalue weighted by molar-refractivity contribution is 5.97. The Labute approximate surface area is 281 Å². The third-order valence-corrected chi connectivity index (χ3v) is 9.57. The smallest absolute Gasteiger partial charge is 0.254 e. The first-order valence-electron chi connectivity index (χ1n) is 16.7. The Morgan fingerprint density at radius 2 is 1.65 bits per heavy atom. The van der Waals surface area contributed by atoms with Crippen molar-refractivity contribution in [2.45, 2.75) is 64.3 Å². The molecular weight excluding hydrogens is 601 g/mol. The second kappa shape index (κ2) is 14.9. The predicted molar refractivity (Wildman–Crippen MR) is 189 cm³/mol. The van der Waals surface area contributed by atoms with Crippen molar-refractivity contribution in [2.24, 2.45) is 11.5 Å². The van der Waals surface area contributed by atoms with E-state index in [1.165, 1.54) is 18.9 Å². The van der Waals surface area contributed by atoms with Gasteiger partial charge in [-0.05, 0) is 80.2 Å². The van der Waals surface area contributed by atoms with Crippen molar-refractivity contribution in [3.8, 4) is 0 Å².